The van der Waals surface area contributed by atoms with E-state index in [1.165, 1.54) is 11.6 Å². The first-order valence-corrected chi connectivity index (χ1v) is 8.02. The van der Waals surface area contributed by atoms with Gasteiger partial charge in [0.1, 0.15) is 5.82 Å². The molecule has 1 aliphatic carbocycles. The summed E-state index contributed by atoms with van der Waals surface area (Å²) in [7, 11) is 1.73. The molecular weight excluding hydrogens is 440 g/mol. The molecule has 0 amide bonds. The van der Waals surface area contributed by atoms with E-state index in [9.17, 15) is 4.39 Å². The van der Waals surface area contributed by atoms with Gasteiger partial charge in [-0.05, 0) is 24.1 Å². The van der Waals surface area contributed by atoms with Crippen molar-refractivity contribution in [1.82, 2.24) is 10.6 Å². The number of nitrogens with zero attached hydrogens (tertiary/aromatic N) is 1. The summed E-state index contributed by atoms with van der Waals surface area (Å²) in [6, 6.07) is 15.1. The van der Waals surface area contributed by atoms with Gasteiger partial charge in [0, 0.05) is 36.1 Å². The Morgan fingerprint density at radius 2 is 1.96 bits per heavy atom. The molecule has 0 spiro atoms. The predicted molar refractivity (Wildman–Crippen MR) is 108 cm³/mol. The Morgan fingerprint density at radius 1 is 1.21 bits per heavy atom. The molecule has 2 N–H and O–H groups in total. The van der Waals surface area contributed by atoms with Gasteiger partial charge in [-0.2, -0.15) is 0 Å². The number of benzene rings is 2. The molecule has 0 bridgehead atoms. The fraction of sp³-hybridized carbons (Fsp3) is 0.278. The molecule has 0 aromatic heterocycles. The fourth-order valence-electron chi connectivity index (χ4n) is 2.69. The van der Waals surface area contributed by atoms with Crippen molar-refractivity contribution in [3.05, 3.63) is 70.5 Å². The van der Waals surface area contributed by atoms with Gasteiger partial charge in [0.05, 0.1) is 0 Å². The zero-order valence-corrected chi connectivity index (χ0v) is 16.4. The van der Waals surface area contributed by atoms with Crippen LogP contribution in [0.3, 0.4) is 0 Å². The number of guanidine groups is 1. The lowest BCUT2D eigenvalue weighted by Gasteiger charge is -2.12. The third-order valence-electron chi connectivity index (χ3n) is 4.01. The molecule has 3 rings (SSSR count). The van der Waals surface area contributed by atoms with Gasteiger partial charge < -0.3 is 10.6 Å². The molecule has 2 aromatic carbocycles. The molecule has 0 radical (unpaired) electrons. The second-order valence-electron chi connectivity index (χ2n) is 5.64. The maximum atomic E-state index is 13.9. The van der Waals surface area contributed by atoms with Crippen LogP contribution < -0.4 is 10.6 Å². The third kappa shape index (κ3) is 4.60. The molecule has 1 aliphatic rings. The molecule has 2 unspecified atom stereocenters. The number of halogens is 3. The lowest BCUT2D eigenvalue weighted by molar-refractivity contribution is 0.608. The molecule has 6 heteroatoms. The lowest BCUT2D eigenvalue weighted by Crippen LogP contribution is -2.38. The summed E-state index contributed by atoms with van der Waals surface area (Å²) < 4.78 is 13.9. The Morgan fingerprint density at radius 3 is 2.62 bits per heavy atom. The highest BCUT2D eigenvalue weighted by Crippen LogP contribution is 2.44. The minimum absolute atomic E-state index is 0. The highest BCUT2D eigenvalue weighted by molar-refractivity contribution is 14.0. The first-order chi connectivity index (χ1) is 11.2. The Kier molecular flexibility index (Phi) is 6.86. The number of aliphatic imine (C=N–C) groups is 1. The van der Waals surface area contributed by atoms with Gasteiger partial charge in [0.25, 0.3) is 0 Å². The third-order valence-corrected chi connectivity index (χ3v) is 4.34. The van der Waals surface area contributed by atoms with E-state index in [2.05, 4.69) is 27.8 Å². The molecule has 1 saturated carbocycles. The summed E-state index contributed by atoms with van der Waals surface area (Å²) in [5.41, 5.74) is 1.78. The second-order valence-corrected chi connectivity index (χ2v) is 6.05. The summed E-state index contributed by atoms with van der Waals surface area (Å²) >= 11 is 6.13. The SMILES string of the molecule is CN=C(NCc1ccccc1)NC1CC1c1c(F)cccc1Cl.I. The number of nitrogens with one attached hydrogen (secondary N) is 2. The number of rotatable bonds is 4. The first kappa shape index (κ1) is 19.0. The van der Waals surface area contributed by atoms with E-state index < -0.39 is 0 Å². The van der Waals surface area contributed by atoms with Gasteiger partial charge in [0.2, 0.25) is 0 Å². The Balaban J connectivity index is 0.00000208. The number of hydrogen-bond donors (Lipinski definition) is 2. The van der Waals surface area contributed by atoms with Crippen molar-refractivity contribution in [2.24, 2.45) is 4.99 Å². The molecule has 24 heavy (non-hydrogen) atoms. The summed E-state index contributed by atoms with van der Waals surface area (Å²) in [4.78, 5) is 4.22. The topological polar surface area (TPSA) is 36.4 Å². The standard InChI is InChI=1S/C18H19ClFN3.HI/c1-21-18(22-11-12-6-3-2-4-7-12)23-16-10-13(16)17-14(19)8-5-9-15(17)20;/h2-9,13,16H,10-11H2,1H3,(H2,21,22,23);1H. The van der Waals surface area contributed by atoms with Crippen molar-refractivity contribution in [3.8, 4) is 0 Å². The largest absolute Gasteiger partial charge is 0.353 e. The van der Waals surface area contributed by atoms with Crippen molar-refractivity contribution in [2.45, 2.75) is 24.9 Å². The van der Waals surface area contributed by atoms with Crippen LogP contribution in [0.2, 0.25) is 5.02 Å². The van der Waals surface area contributed by atoms with Crippen LogP contribution in [0.25, 0.3) is 0 Å². The molecule has 2 aromatic rings. The Hall–Kier alpha value is -1.34. The fourth-order valence-corrected chi connectivity index (χ4v) is 2.99. The van der Waals surface area contributed by atoms with Crippen molar-refractivity contribution >= 4 is 41.5 Å². The Bertz CT molecular complexity index is 688. The van der Waals surface area contributed by atoms with Gasteiger partial charge in [-0.1, -0.05) is 48.0 Å². The molecule has 1 fully saturated rings. The van der Waals surface area contributed by atoms with Gasteiger partial charge in [-0.25, -0.2) is 4.39 Å². The summed E-state index contributed by atoms with van der Waals surface area (Å²) in [6.45, 7) is 0.693. The number of hydrogen-bond acceptors (Lipinski definition) is 1. The van der Waals surface area contributed by atoms with E-state index in [0.29, 0.717) is 23.1 Å². The summed E-state index contributed by atoms with van der Waals surface area (Å²) in [6.07, 6.45) is 0.854. The highest BCUT2D eigenvalue weighted by atomic mass is 127. The van der Waals surface area contributed by atoms with Crippen LogP contribution >= 0.6 is 35.6 Å². The maximum absolute atomic E-state index is 13.9. The zero-order chi connectivity index (χ0) is 16.2. The van der Waals surface area contributed by atoms with Crippen LogP contribution in [0, 0.1) is 5.82 Å². The average Bonchev–Trinajstić information content (AvgIpc) is 3.31. The zero-order valence-electron chi connectivity index (χ0n) is 13.3. The monoisotopic (exact) mass is 459 g/mol. The second kappa shape index (κ2) is 8.67. The minimum atomic E-state index is -0.237. The lowest BCUT2D eigenvalue weighted by atomic mass is 10.1. The van der Waals surface area contributed by atoms with Gasteiger partial charge >= 0.3 is 0 Å². The minimum Gasteiger partial charge on any atom is -0.353 e. The van der Waals surface area contributed by atoms with E-state index in [1.807, 2.05) is 18.2 Å². The molecular formula is C18H20ClFIN3. The van der Waals surface area contributed by atoms with E-state index in [0.717, 1.165) is 6.42 Å². The van der Waals surface area contributed by atoms with Crippen molar-refractivity contribution in [1.29, 1.82) is 0 Å². The van der Waals surface area contributed by atoms with E-state index in [4.69, 9.17) is 11.6 Å². The van der Waals surface area contributed by atoms with Crippen molar-refractivity contribution in [3.63, 3.8) is 0 Å². The highest BCUT2D eigenvalue weighted by Gasteiger charge is 2.41. The molecule has 0 saturated heterocycles. The van der Waals surface area contributed by atoms with Gasteiger partial charge in [-0.15, -0.1) is 24.0 Å². The maximum Gasteiger partial charge on any atom is 0.191 e. The molecule has 3 nitrogen and oxygen atoms in total. The predicted octanol–water partition coefficient (Wildman–Crippen LogP) is 4.32. The van der Waals surface area contributed by atoms with E-state index in [1.54, 1.807) is 19.2 Å². The first-order valence-electron chi connectivity index (χ1n) is 7.64. The van der Waals surface area contributed by atoms with E-state index in [-0.39, 0.29) is 41.8 Å². The molecule has 2 atom stereocenters. The average molecular weight is 460 g/mol. The van der Waals surface area contributed by atoms with Crippen molar-refractivity contribution < 1.29 is 4.39 Å². The molecule has 0 heterocycles. The van der Waals surface area contributed by atoms with E-state index >= 15 is 0 Å². The van der Waals surface area contributed by atoms with Crippen LogP contribution in [0.1, 0.15) is 23.5 Å². The summed E-state index contributed by atoms with van der Waals surface area (Å²) in [5.74, 6) is 0.576. The van der Waals surface area contributed by atoms with Gasteiger partial charge in [0.15, 0.2) is 5.96 Å². The smallest absolute Gasteiger partial charge is 0.191 e. The molecule has 0 aliphatic heterocycles. The van der Waals surface area contributed by atoms with Crippen LogP contribution in [-0.4, -0.2) is 19.0 Å². The van der Waals surface area contributed by atoms with Crippen LogP contribution in [0.5, 0.6) is 0 Å². The van der Waals surface area contributed by atoms with Crippen LogP contribution in [0.4, 0.5) is 4.39 Å². The van der Waals surface area contributed by atoms with Crippen LogP contribution in [-0.2, 0) is 6.54 Å². The Labute approximate surface area is 163 Å². The van der Waals surface area contributed by atoms with Gasteiger partial charge in [-0.3, -0.25) is 4.99 Å². The van der Waals surface area contributed by atoms with Crippen LogP contribution in [0.15, 0.2) is 53.5 Å². The molecule has 128 valence electrons. The van der Waals surface area contributed by atoms with Crippen molar-refractivity contribution in [2.75, 3.05) is 7.05 Å². The summed E-state index contributed by atoms with van der Waals surface area (Å²) in [5, 5.41) is 7.09. The normalized spacial score (nSPS) is 19.4. The quantitative estimate of drug-likeness (QED) is 0.406.